The standard InChI is InChI=1S/C14H37N4P.BrH.ClH/c1-9-11-13-18(14-12-10-2)19(15(3)4,16(5)6)17(7)8;;/h19H,9-14H2,1-8H3;2*1H. The van der Waals surface area contributed by atoms with Crippen LogP contribution in [0.2, 0.25) is 0 Å². The summed E-state index contributed by atoms with van der Waals surface area (Å²) in [6.07, 6.45) is 5.10. The summed E-state index contributed by atoms with van der Waals surface area (Å²) in [5.74, 6) is 0. The first kappa shape index (κ1) is 26.9. The molecule has 0 heterocycles. The summed E-state index contributed by atoms with van der Waals surface area (Å²) < 4.78 is 10.1. The van der Waals surface area contributed by atoms with Crippen molar-refractivity contribution in [2.75, 3.05) is 55.4 Å². The molecule has 0 N–H and O–H groups in total. The molecule has 0 rings (SSSR count). The second-order valence-corrected chi connectivity index (χ2v) is 10.5. The van der Waals surface area contributed by atoms with Gasteiger partial charge in [0.25, 0.3) is 0 Å². The summed E-state index contributed by atoms with van der Waals surface area (Å²) in [6, 6.07) is 0. The Morgan fingerprint density at radius 2 is 0.952 bits per heavy atom. The fraction of sp³-hybridized carbons (Fsp3) is 1.00. The molecule has 21 heavy (non-hydrogen) atoms. The number of hydrogen-bond acceptors (Lipinski definition) is 4. The Balaban J connectivity index is -0.00000162. The third-order valence-electron chi connectivity index (χ3n) is 3.79. The Hall–Kier alpha value is 1.04. The second kappa shape index (κ2) is 13.5. The molecule has 0 saturated heterocycles. The maximum atomic E-state index is 2.75. The molecule has 7 heteroatoms. The van der Waals surface area contributed by atoms with Gasteiger partial charge >= 0.3 is 121 Å². The predicted octanol–water partition coefficient (Wildman–Crippen LogP) is 3.98. The largest absolute Gasteiger partial charge is 0.147 e. The summed E-state index contributed by atoms with van der Waals surface area (Å²) in [7, 11) is 11.5. The van der Waals surface area contributed by atoms with Gasteiger partial charge in [-0.3, -0.25) is 0 Å². The summed E-state index contributed by atoms with van der Waals surface area (Å²) in [6.45, 7) is 6.97. The fourth-order valence-corrected chi connectivity index (χ4v) is 8.17. The van der Waals surface area contributed by atoms with Crippen LogP contribution in [0.5, 0.6) is 0 Å². The van der Waals surface area contributed by atoms with Gasteiger partial charge in [0.15, 0.2) is 0 Å². The maximum Gasteiger partial charge on any atom is -0.147 e. The van der Waals surface area contributed by atoms with E-state index < -0.39 is 7.87 Å². The molecule has 0 aromatic heterocycles. The second-order valence-electron chi connectivity index (χ2n) is 5.98. The van der Waals surface area contributed by atoms with Crippen molar-refractivity contribution in [2.24, 2.45) is 0 Å². The van der Waals surface area contributed by atoms with Crippen LogP contribution in [-0.2, 0) is 0 Å². The van der Waals surface area contributed by atoms with Gasteiger partial charge < -0.3 is 0 Å². The van der Waals surface area contributed by atoms with Gasteiger partial charge in [0.2, 0.25) is 0 Å². The van der Waals surface area contributed by atoms with Crippen LogP contribution in [0.15, 0.2) is 0 Å². The predicted molar refractivity (Wildman–Crippen MR) is 108 cm³/mol. The maximum absolute atomic E-state index is 2.75. The van der Waals surface area contributed by atoms with E-state index in [0.717, 1.165) is 0 Å². The Bertz CT molecular complexity index is 213. The molecule has 134 valence electrons. The zero-order valence-electron chi connectivity index (χ0n) is 15.3. The average molecular weight is 410 g/mol. The van der Waals surface area contributed by atoms with Crippen LogP contribution in [0.25, 0.3) is 0 Å². The first-order chi connectivity index (χ1) is 8.85. The SMILES string of the molecule is Br.CCCCN(CCCC)[PH](N(C)C)(N(C)C)N(C)C.Cl. The Morgan fingerprint density at radius 3 is 1.14 bits per heavy atom. The van der Waals surface area contributed by atoms with E-state index in [-0.39, 0.29) is 29.4 Å². The Labute approximate surface area is 150 Å². The number of hydrogen-bond donors (Lipinski definition) is 0. The van der Waals surface area contributed by atoms with Gasteiger partial charge in [-0.1, -0.05) is 0 Å². The quantitative estimate of drug-likeness (QED) is 0.506. The smallest absolute Gasteiger partial charge is 0.147 e. The number of rotatable bonds is 10. The summed E-state index contributed by atoms with van der Waals surface area (Å²) in [5, 5.41) is 0. The third kappa shape index (κ3) is 6.99. The molecular weight excluding hydrogens is 371 g/mol. The van der Waals surface area contributed by atoms with E-state index in [4.69, 9.17) is 0 Å². The molecule has 0 unspecified atom stereocenters. The van der Waals surface area contributed by atoms with Gasteiger partial charge in [-0.25, -0.2) is 0 Å². The van der Waals surface area contributed by atoms with Crippen LogP contribution >= 0.6 is 37.3 Å². The summed E-state index contributed by atoms with van der Waals surface area (Å²) in [5.41, 5.74) is 0. The van der Waals surface area contributed by atoms with Crippen LogP contribution in [-0.4, -0.2) is 74.1 Å². The van der Waals surface area contributed by atoms with Crippen molar-refractivity contribution in [1.29, 1.82) is 0 Å². The first-order valence-corrected chi connectivity index (χ1v) is 9.41. The van der Waals surface area contributed by atoms with Gasteiger partial charge in [0.1, 0.15) is 0 Å². The zero-order chi connectivity index (χ0) is 15.1. The molecule has 0 aliphatic heterocycles. The van der Waals surface area contributed by atoms with Gasteiger partial charge in [-0.15, -0.1) is 29.4 Å². The monoisotopic (exact) mass is 408 g/mol. The summed E-state index contributed by atoms with van der Waals surface area (Å²) in [4.78, 5) is 0. The average Bonchev–Trinajstić information content (AvgIpc) is 2.31. The van der Waals surface area contributed by atoms with E-state index >= 15 is 0 Å². The molecule has 0 aliphatic carbocycles. The van der Waals surface area contributed by atoms with Crippen molar-refractivity contribution in [3.05, 3.63) is 0 Å². The minimum atomic E-state index is -1.90. The number of unbranched alkanes of at least 4 members (excludes halogenated alkanes) is 2. The van der Waals surface area contributed by atoms with E-state index in [1.54, 1.807) is 0 Å². The number of nitrogens with zero attached hydrogens (tertiary/aromatic N) is 4. The topological polar surface area (TPSA) is 13.0 Å². The minimum absolute atomic E-state index is 0. The van der Waals surface area contributed by atoms with E-state index in [9.17, 15) is 0 Å². The van der Waals surface area contributed by atoms with Crippen LogP contribution in [0.3, 0.4) is 0 Å². The molecule has 0 radical (unpaired) electrons. The van der Waals surface area contributed by atoms with E-state index in [0.29, 0.717) is 0 Å². The Morgan fingerprint density at radius 1 is 0.667 bits per heavy atom. The van der Waals surface area contributed by atoms with Crippen LogP contribution < -0.4 is 0 Å². The van der Waals surface area contributed by atoms with E-state index in [1.165, 1.54) is 38.8 Å². The molecule has 0 amide bonds. The molecular formula is C14H39BrClN4P. The molecule has 0 aromatic carbocycles. The number of halogens is 2. The molecule has 0 spiro atoms. The van der Waals surface area contributed by atoms with Crippen molar-refractivity contribution < 1.29 is 0 Å². The van der Waals surface area contributed by atoms with Crippen LogP contribution in [0.1, 0.15) is 39.5 Å². The van der Waals surface area contributed by atoms with Gasteiger partial charge in [0, 0.05) is 0 Å². The molecule has 0 fully saturated rings. The fourth-order valence-electron chi connectivity index (χ4n) is 3.16. The van der Waals surface area contributed by atoms with E-state index in [1.807, 2.05) is 0 Å². The minimum Gasteiger partial charge on any atom is -0.147 e. The van der Waals surface area contributed by atoms with Crippen molar-refractivity contribution in [1.82, 2.24) is 18.7 Å². The van der Waals surface area contributed by atoms with Gasteiger partial charge in [0.05, 0.1) is 0 Å². The van der Waals surface area contributed by atoms with E-state index in [2.05, 4.69) is 74.8 Å². The van der Waals surface area contributed by atoms with Crippen LogP contribution in [0.4, 0.5) is 0 Å². The molecule has 0 atom stereocenters. The zero-order valence-corrected chi connectivity index (χ0v) is 18.9. The first-order valence-electron chi connectivity index (χ1n) is 7.62. The van der Waals surface area contributed by atoms with Crippen molar-refractivity contribution >= 4 is 37.3 Å². The van der Waals surface area contributed by atoms with Gasteiger partial charge in [-0.2, -0.15) is 0 Å². The summed E-state index contributed by atoms with van der Waals surface area (Å²) >= 11 is 0. The molecule has 0 aliphatic rings. The molecule has 0 aromatic rings. The normalized spacial score (nSPS) is 12.8. The third-order valence-corrected chi connectivity index (χ3v) is 8.68. The van der Waals surface area contributed by atoms with Gasteiger partial charge in [-0.05, 0) is 0 Å². The van der Waals surface area contributed by atoms with Crippen molar-refractivity contribution in [3.63, 3.8) is 0 Å². The Kier molecular flexibility index (Phi) is 17.3. The van der Waals surface area contributed by atoms with Crippen LogP contribution in [0, 0.1) is 0 Å². The molecule has 0 saturated carbocycles. The van der Waals surface area contributed by atoms with Crippen molar-refractivity contribution in [2.45, 2.75) is 39.5 Å². The van der Waals surface area contributed by atoms with Crippen molar-refractivity contribution in [3.8, 4) is 0 Å². The molecule has 0 bridgehead atoms. The molecule has 4 nitrogen and oxygen atoms in total.